The van der Waals surface area contributed by atoms with Crippen molar-refractivity contribution in [3.8, 4) is 0 Å². The number of hydrogen-bond donors (Lipinski definition) is 1. The lowest BCUT2D eigenvalue weighted by Crippen LogP contribution is -2.47. The van der Waals surface area contributed by atoms with Crippen molar-refractivity contribution >= 4 is 39.2 Å². The summed E-state index contributed by atoms with van der Waals surface area (Å²) in [4.78, 5) is 19.4. The lowest BCUT2D eigenvalue weighted by molar-refractivity contribution is 0.0276. The molecule has 1 aliphatic heterocycles. The number of halogens is 1. The number of thiophene rings is 1. The Hall–Kier alpha value is -1.08. The number of carbonyl (C=O) groups is 1. The van der Waals surface area contributed by atoms with Crippen LogP contribution in [0.5, 0.6) is 0 Å². The van der Waals surface area contributed by atoms with Crippen molar-refractivity contribution in [2.45, 2.75) is 32.9 Å². The topological polar surface area (TPSA) is 53.9 Å². The van der Waals surface area contributed by atoms with Crippen molar-refractivity contribution in [3.05, 3.63) is 20.8 Å². The van der Waals surface area contributed by atoms with E-state index in [0.717, 1.165) is 16.2 Å². The molecule has 0 saturated heterocycles. The molecular formula is C14H20BrN3O2S. The van der Waals surface area contributed by atoms with Crippen LogP contribution in [-0.4, -0.2) is 42.1 Å². The molecule has 0 spiro atoms. The molecule has 1 aromatic heterocycles. The highest BCUT2D eigenvalue weighted by Gasteiger charge is 2.24. The molecule has 2 heterocycles. The molecule has 1 aliphatic rings. The summed E-state index contributed by atoms with van der Waals surface area (Å²) in [7, 11) is 0. The highest BCUT2D eigenvalue weighted by Crippen LogP contribution is 2.21. The van der Waals surface area contributed by atoms with E-state index >= 15 is 0 Å². The van der Waals surface area contributed by atoms with Crippen molar-refractivity contribution in [2.75, 3.05) is 19.6 Å². The Bertz CT molecular complexity index is 537. The van der Waals surface area contributed by atoms with Crippen LogP contribution in [0, 0.1) is 0 Å². The lowest BCUT2D eigenvalue weighted by Gasteiger charge is -2.29. The number of rotatable bonds is 2. The molecule has 0 aliphatic carbocycles. The van der Waals surface area contributed by atoms with Crippen LogP contribution in [0.3, 0.4) is 0 Å². The van der Waals surface area contributed by atoms with Crippen LogP contribution < -0.4 is 5.32 Å². The molecule has 0 aromatic carbocycles. The summed E-state index contributed by atoms with van der Waals surface area (Å²) in [6.07, 6.45) is -0.282. The van der Waals surface area contributed by atoms with E-state index in [1.54, 1.807) is 16.2 Å². The SMILES string of the molecule is CC(C)(C)OC(=O)N1CCN=C(NCc2ccc(Br)s2)C1. The minimum atomic E-state index is -0.470. The van der Waals surface area contributed by atoms with Crippen LogP contribution in [-0.2, 0) is 11.3 Å². The summed E-state index contributed by atoms with van der Waals surface area (Å²) < 4.78 is 6.50. The van der Waals surface area contributed by atoms with Crippen LogP contribution >= 0.6 is 27.3 Å². The summed E-state index contributed by atoms with van der Waals surface area (Å²) >= 11 is 5.13. The highest BCUT2D eigenvalue weighted by molar-refractivity contribution is 9.11. The van der Waals surface area contributed by atoms with Gasteiger partial charge in [-0.1, -0.05) is 0 Å². The van der Waals surface area contributed by atoms with Gasteiger partial charge in [0.05, 0.1) is 23.4 Å². The lowest BCUT2D eigenvalue weighted by atomic mass is 10.2. The maximum atomic E-state index is 12.1. The number of nitrogens with zero attached hydrogens (tertiary/aromatic N) is 2. The molecule has 21 heavy (non-hydrogen) atoms. The molecule has 1 N–H and O–H groups in total. The van der Waals surface area contributed by atoms with E-state index in [9.17, 15) is 4.79 Å². The highest BCUT2D eigenvalue weighted by atomic mass is 79.9. The van der Waals surface area contributed by atoms with Gasteiger partial charge in [-0.3, -0.25) is 9.89 Å². The predicted octanol–water partition coefficient (Wildman–Crippen LogP) is 3.25. The quantitative estimate of drug-likeness (QED) is 0.865. The number of ether oxygens (including phenoxy) is 1. The molecule has 0 radical (unpaired) electrons. The van der Waals surface area contributed by atoms with E-state index in [2.05, 4.69) is 32.3 Å². The molecule has 7 heteroatoms. The number of carbonyl (C=O) groups excluding carboxylic acids is 1. The van der Waals surface area contributed by atoms with Gasteiger partial charge in [0.25, 0.3) is 0 Å². The third kappa shape index (κ3) is 5.32. The second-order valence-corrected chi connectivity index (χ2v) is 8.34. The average molecular weight is 374 g/mol. The maximum absolute atomic E-state index is 12.1. The number of nitrogens with one attached hydrogen (secondary N) is 1. The van der Waals surface area contributed by atoms with Gasteiger partial charge in [-0.15, -0.1) is 11.3 Å². The summed E-state index contributed by atoms with van der Waals surface area (Å²) in [5.41, 5.74) is -0.470. The third-order valence-corrected chi connectivity index (χ3v) is 4.38. The first-order valence-electron chi connectivity index (χ1n) is 6.83. The number of amidine groups is 1. The molecular weight excluding hydrogens is 354 g/mol. The van der Waals surface area contributed by atoms with Crippen LogP contribution in [0.1, 0.15) is 25.6 Å². The van der Waals surface area contributed by atoms with E-state index in [1.165, 1.54) is 4.88 Å². The third-order valence-electron chi connectivity index (χ3n) is 2.76. The molecule has 0 bridgehead atoms. The summed E-state index contributed by atoms with van der Waals surface area (Å²) in [6, 6.07) is 4.09. The van der Waals surface area contributed by atoms with Crippen LogP contribution in [0.2, 0.25) is 0 Å². The van der Waals surface area contributed by atoms with Gasteiger partial charge in [0.2, 0.25) is 0 Å². The Kier molecular flexibility index (Phi) is 5.27. The molecule has 0 fully saturated rings. The first kappa shape index (κ1) is 16.3. The van der Waals surface area contributed by atoms with E-state index < -0.39 is 5.60 Å². The molecule has 0 unspecified atom stereocenters. The number of amides is 1. The smallest absolute Gasteiger partial charge is 0.410 e. The Morgan fingerprint density at radius 3 is 2.90 bits per heavy atom. The molecule has 116 valence electrons. The summed E-state index contributed by atoms with van der Waals surface area (Å²) in [5.74, 6) is 0.830. The zero-order valence-corrected chi connectivity index (χ0v) is 14.9. The Balaban J connectivity index is 1.85. The molecule has 1 aromatic rings. The van der Waals surface area contributed by atoms with Crippen molar-refractivity contribution in [1.29, 1.82) is 0 Å². The van der Waals surface area contributed by atoms with Gasteiger partial charge in [0, 0.05) is 11.4 Å². The van der Waals surface area contributed by atoms with Gasteiger partial charge in [-0.2, -0.15) is 0 Å². The molecule has 0 atom stereocenters. The van der Waals surface area contributed by atoms with Crippen molar-refractivity contribution < 1.29 is 9.53 Å². The molecule has 0 saturated carbocycles. The minimum absolute atomic E-state index is 0.282. The van der Waals surface area contributed by atoms with Crippen molar-refractivity contribution in [2.24, 2.45) is 4.99 Å². The van der Waals surface area contributed by atoms with Gasteiger partial charge in [-0.25, -0.2) is 4.79 Å². The van der Waals surface area contributed by atoms with Gasteiger partial charge in [0.1, 0.15) is 11.4 Å². The average Bonchev–Trinajstić information content (AvgIpc) is 2.81. The Labute approximate surface area is 137 Å². The predicted molar refractivity (Wildman–Crippen MR) is 89.0 cm³/mol. The van der Waals surface area contributed by atoms with Gasteiger partial charge < -0.3 is 10.1 Å². The largest absolute Gasteiger partial charge is 0.444 e. The van der Waals surface area contributed by atoms with Crippen LogP contribution in [0.4, 0.5) is 4.79 Å². The fourth-order valence-corrected chi connectivity index (χ4v) is 3.27. The van der Waals surface area contributed by atoms with Gasteiger partial charge in [-0.05, 0) is 48.8 Å². The second-order valence-electron chi connectivity index (χ2n) is 5.79. The van der Waals surface area contributed by atoms with E-state index in [4.69, 9.17) is 4.74 Å². The zero-order chi connectivity index (χ0) is 15.5. The molecule has 2 rings (SSSR count). The second kappa shape index (κ2) is 6.79. The van der Waals surface area contributed by atoms with Crippen LogP contribution in [0.15, 0.2) is 20.9 Å². The van der Waals surface area contributed by atoms with Crippen molar-refractivity contribution in [1.82, 2.24) is 10.2 Å². The minimum Gasteiger partial charge on any atom is -0.444 e. The first-order chi connectivity index (χ1) is 9.83. The van der Waals surface area contributed by atoms with E-state index in [0.29, 0.717) is 19.6 Å². The normalized spacial score (nSPS) is 15.6. The van der Waals surface area contributed by atoms with E-state index in [1.807, 2.05) is 26.8 Å². The fourth-order valence-electron chi connectivity index (χ4n) is 1.85. The summed E-state index contributed by atoms with van der Waals surface area (Å²) in [5, 5.41) is 3.29. The zero-order valence-electron chi connectivity index (χ0n) is 12.5. The standard InChI is InChI=1S/C14H20BrN3O2S/c1-14(2,3)20-13(19)18-7-6-16-12(9-18)17-8-10-4-5-11(15)21-10/h4-5H,6-9H2,1-3H3,(H,16,17). The first-order valence-corrected chi connectivity index (χ1v) is 8.44. The number of hydrogen-bond acceptors (Lipinski definition) is 5. The van der Waals surface area contributed by atoms with Gasteiger partial charge in [0.15, 0.2) is 0 Å². The summed E-state index contributed by atoms with van der Waals surface area (Å²) in [6.45, 7) is 8.02. The monoisotopic (exact) mass is 373 g/mol. The number of aliphatic imine (C=N–C) groups is 1. The molecule has 5 nitrogen and oxygen atoms in total. The van der Waals surface area contributed by atoms with Crippen LogP contribution in [0.25, 0.3) is 0 Å². The fraction of sp³-hybridized carbons (Fsp3) is 0.571. The Morgan fingerprint density at radius 2 is 2.29 bits per heavy atom. The maximum Gasteiger partial charge on any atom is 0.410 e. The van der Waals surface area contributed by atoms with E-state index in [-0.39, 0.29) is 6.09 Å². The molecule has 1 amide bonds. The van der Waals surface area contributed by atoms with Gasteiger partial charge >= 0.3 is 6.09 Å². The van der Waals surface area contributed by atoms with Crippen molar-refractivity contribution in [3.63, 3.8) is 0 Å². The Morgan fingerprint density at radius 1 is 1.52 bits per heavy atom.